The molecule has 0 aromatic rings. The predicted molar refractivity (Wildman–Crippen MR) is 68.3 cm³/mol. The summed E-state index contributed by atoms with van der Waals surface area (Å²) in [5.41, 5.74) is 5.50. The summed E-state index contributed by atoms with van der Waals surface area (Å²) in [5.74, 6) is 0. The number of hydrogen-bond donors (Lipinski definition) is 1. The first-order valence-corrected chi connectivity index (χ1v) is 6.09. The van der Waals surface area contributed by atoms with Gasteiger partial charge in [0.2, 0.25) is 3.79 Å². The van der Waals surface area contributed by atoms with Crippen LogP contribution in [0, 0.1) is 0 Å². The summed E-state index contributed by atoms with van der Waals surface area (Å²) in [4.78, 5) is 0. The lowest BCUT2D eigenvalue weighted by Gasteiger charge is -2.30. The minimum atomic E-state index is -1.41. The summed E-state index contributed by atoms with van der Waals surface area (Å²) in [6.07, 6.45) is 5.50. The summed E-state index contributed by atoms with van der Waals surface area (Å²) < 4.78 is 4.27. The number of alkyl halides is 3. The SMILES string of the molecule is Cl.NCC(OC1CCCCC1)C(Cl)(Cl)Cl. The van der Waals surface area contributed by atoms with Crippen LogP contribution in [0.3, 0.4) is 0 Å². The van der Waals surface area contributed by atoms with Crippen molar-refractivity contribution in [2.75, 3.05) is 6.54 Å². The molecule has 92 valence electrons. The summed E-state index contributed by atoms with van der Waals surface area (Å²) in [7, 11) is 0. The number of halogens is 4. The zero-order valence-electron chi connectivity index (χ0n) is 8.43. The van der Waals surface area contributed by atoms with E-state index in [1.807, 2.05) is 0 Å². The molecule has 1 atom stereocenters. The van der Waals surface area contributed by atoms with E-state index in [2.05, 4.69) is 0 Å². The van der Waals surface area contributed by atoms with Gasteiger partial charge in [0.25, 0.3) is 0 Å². The number of ether oxygens (including phenoxy) is 1. The standard InChI is InChI=1S/C9H16Cl3NO.ClH/c10-9(11,12)8(6-13)14-7-4-2-1-3-5-7;/h7-8H,1-6,13H2;1H. The van der Waals surface area contributed by atoms with Gasteiger partial charge in [0.05, 0.1) is 6.10 Å². The topological polar surface area (TPSA) is 35.2 Å². The summed E-state index contributed by atoms with van der Waals surface area (Å²) in [5, 5.41) is 0. The van der Waals surface area contributed by atoms with Crippen LogP contribution in [0.5, 0.6) is 0 Å². The molecule has 0 aliphatic heterocycles. The molecule has 0 saturated heterocycles. The van der Waals surface area contributed by atoms with E-state index in [-0.39, 0.29) is 25.1 Å². The zero-order chi connectivity index (χ0) is 10.6. The molecule has 0 radical (unpaired) electrons. The van der Waals surface area contributed by atoms with E-state index in [1.54, 1.807) is 0 Å². The number of hydrogen-bond acceptors (Lipinski definition) is 2. The highest BCUT2D eigenvalue weighted by atomic mass is 35.6. The minimum absolute atomic E-state index is 0. The molecule has 1 aliphatic rings. The Morgan fingerprint density at radius 3 is 2.13 bits per heavy atom. The van der Waals surface area contributed by atoms with Gasteiger partial charge < -0.3 is 10.5 Å². The smallest absolute Gasteiger partial charge is 0.217 e. The molecular formula is C9H17Cl4NO. The van der Waals surface area contributed by atoms with Crippen LogP contribution in [0.2, 0.25) is 0 Å². The van der Waals surface area contributed by atoms with Gasteiger partial charge in [-0.05, 0) is 12.8 Å². The van der Waals surface area contributed by atoms with Crippen molar-refractivity contribution in [2.24, 2.45) is 5.73 Å². The van der Waals surface area contributed by atoms with E-state index in [1.165, 1.54) is 19.3 Å². The van der Waals surface area contributed by atoms with Crippen molar-refractivity contribution < 1.29 is 4.74 Å². The average Bonchev–Trinajstić information content (AvgIpc) is 2.14. The molecule has 1 rings (SSSR count). The van der Waals surface area contributed by atoms with Gasteiger partial charge in [0, 0.05) is 6.54 Å². The minimum Gasteiger partial charge on any atom is -0.369 e. The predicted octanol–water partition coefficient (Wildman–Crippen LogP) is 3.46. The molecular weight excluding hydrogens is 280 g/mol. The molecule has 2 nitrogen and oxygen atoms in total. The Morgan fingerprint density at radius 1 is 1.20 bits per heavy atom. The maximum atomic E-state index is 5.74. The van der Waals surface area contributed by atoms with Crippen molar-refractivity contribution in [1.29, 1.82) is 0 Å². The molecule has 1 fully saturated rings. The largest absolute Gasteiger partial charge is 0.369 e. The van der Waals surface area contributed by atoms with Crippen LogP contribution in [0.25, 0.3) is 0 Å². The third kappa shape index (κ3) is 5.81. The van der Waals surface area contributed by atoms with E-state index in [4.69, 9.17) is 45.3 Å². The third-order valence-corrected chi connectivity index (χ3v) is 3.22. The van der Waals surface area contributed by atoms with E-state index < -0.39 is 9.90 Å². The molecule has 0 spiro atoms. The highest BCUT2D eigenvalue weighted by molar-refractivity contribution is 6.68. The molecule has 0 aromatic carbocycles. The van der Waals surface area contributed by atoms with Crippen LogP contribution in [0.1, 0.15) is 32.1 Å². The van der Waals surface area contributed by atoms with Crippen LogP contribution < -0.4 is 5.73 Å². The first-order valence-electron chi connectivity index (χ1n) is 4.96. The lowest BCUT2D eigenvalue weighted by Crippen LogP contribution is -2.39. The first-order chi connectivity index (χ1) is 6.54. The molecule has 0 bridgehead atoms. The second-order valence-corrected chi connectivity index (χ2v) is 6.03. The lowest BCUT2D eigenvalue weighted by molar-refractivity contribution is -0.0232. The Bertz CT molecular complexity index is 168. The van der Waals surface area contributed by atoms with Crippen molar-refractivity contribution in [2.45, 2.75) is 48.1 Å². The molecule has 0 heterocycles. The van der Waals surface area contributed by atoms with Gasteiger partial charge in [-0.15, -0.1) is 12.4 Å². The fourth-order valence-corrected chi connectivity index (χ4v) is 2.12. The van der Waals surface area contributed by atoms with Gasteiger partial charge in [0.15, 0.2) is 0 Å². The second kappa shape index (κ2) is 7.41. The van der Waals surface area contributed by atoms with Crippen molar-refractivity contribution in [1.82, 2.24) is 0 Å². The zero-order valence-corrected chi connectivity index (χ0v) is 11.5. The molecule has 2 N–H and O–H groups in total. The summed E-state index contributed by atoms with van der Waals surface area (Å²) >= 11 is 17.2. The normalized spacial score (nSPS) is 20.8. The van der Waals surface area contributed by atoms with E-state index in [0.717, 1.165) is 12.8 Å². The van der Waals surface area contributed by atoms with Gasteiger partial charge in [-0.25, -0.2) is 0 Å². The highest BCUT2D eigenvalue weighted by Crippen LogP contribution is 2.34. The Morgan fingerprint density at radius 2 is 1.73 bits per heavy atom. The fraction of sp³-hybridized carbons (Fsp3) is 1.00. The third-order valence-electron chi connectivity index (χ3n) is 2.49. The molecule has 0 aromatic heterocycles. The monoisotopic (exact) mass is 295 g/mol. The Balaban J connectivity index is 0.00000196. The van der Waals surface area contributed by atoms with Crippen LogP contribution in [-0.2, 0) is 4.74 Å². The van der Waals surface area contributed by atoms with Crippen LogP contribution in [0.15, 0.2) is 0 Å². The van der Waals surface area contributed by atoms with Gasteiger partial charge in [0.1, 0.15) is 6.10 Å². The van der Waals surface area contributed by atoms with Crippen molar-refractivity contribution >= 4 is 47.2 Å². The van der Waals surface area contributed by atoms with E-state index in [0.29, 0.717) is 0 Å². The second-order valence-electron chi connectivity index (χ2n) is 3.66. The summed E-state index contributed by atoms with van der Waals surface area (Å²) in [6.45, 7) is 0.243. The van der Waals surface area contributed by atoms with Crippen LogP contribution >= 0.6 is 47.2 Å². The number of rotatable bonds is 3. The number of nitrogens with two attached hydrogens (primary N) is 1. The Kier molecular flexibility index (Phi) is 7.95. The van der Waals surface area contributed by atoms with Crippen LogP contribution in [0.4, 0.5) is 0 Å². The molecule has 6 heteroatoms. The fourth-order valence-electron chi connectivity index (χ4n) is 1.70. The van der Waals surface area contributed by atoms with Gasteiger partial charge in [-0.3, -0.25) is 0 Å². The van der Waals surface area contributed by atoms with E-state index >= 15 is 0 Å². The Hall–Kier alpha value is 1.08. The first kappa shape index (κ1) is 16.1. The quantitative estimate of drug-likeness (QED) is 0.810. The maximum Gasteiger partial charge on any atom is 0.217 e. The highest BCUT2D eigenvalue weighted by Gasteiger charge is 2.34. The van der Waals surface area contributed by atoms with Crippen LogP contribution in [-0.4, -0.2) is 22.5 Å². The molecule has 15 heavy (non-hydrogen) atoms. The van der Waals surface area contributed by atoms with Crippen molar-refractivity contribution in [3.05, 3.63) is 0 Å². The molecule has 1 aliphatic carbocycles. The van der Waals surface area contributed by atoms with Gasteiger partial charge in [-0.1, -0.05) is 54.1 Å². The lowest BCUT2D eigenvalue weighted by atomic mass is 9.98. The Labute approximate surface area is 112 Å². The van der Waals surface area contributed by atoms with E-state index in [9.17, 15) is 0 Å². The molecule has 1 saturated carbocycles. The van der Waals surface area contributed by atoms with Gasteiger partial charge in [-0.2, -0.15) is 0 Å². The maximum absolute atomic E-state index is 5.74. The average molecular weight is 297 g/mol. The van der Waals surface area contributed by atoms with Crippen molar-refractivity contribution in [3.8, 4) is 0 Å². The van der Waals surface area contributed by atoms with Crippen molar-refractivity contribution in [3.63, 3.8) is 0 Å². The summed E-state index contributed by atoms with van der Waals surface area (Å²) in [6, 6.07) is 0. The molecule has 1 unspecified atom stereocenters. The van der Waals surface area contributed by atoms with Gasteiger partial charge >= 0.3 is 0 Å². The molecule has 0 amide bonds.